The Bertz CT molecular complexity index is 242. The first kappa shape index (κ1) is 11.1. The van der Waals surface area contributed by atoms with Crippen molar-refractivity contribution in [3.05, 3.63) is 22.7 Å². The highest BCUT2D eigenvalue weighted by Gasteiger charge is 1.94. The van der Waals surface area contributed by atoms with Gasteiger partial charge in [-0.25, -0.2) is 0 Å². The maximum absolute atomic E-state index is 5.59. The number of benzene rings is 1. The molecule has 0 fully saturated rings. The van der Waals surface area contributed by atoms with Crippen molar-refractivity contribution >= 4 is 45.8 Å². The monoisotopic (exact) mass is 253 g/mol. The topological polar surface area (TPSA) is 26.0 Å². The molecule has 0 aliphatic carbocycles. The number of hydrogen-bond donors (Lipinski definition) is 1. The van der Waals surface area contributed by atoms with E-state index in [0.717, 1.165) is 10.2 Å². The highest BCUT2D eigenvalue weighted by molar-refractivity contribution is 9.10. The second-order valence-electron chi connectivity index (χ2n) is 1.89. The number of rotatable bonds is 1. The fraction of sp³-hybridized carbons (Fsp3) is 0.143. The minimum absolute atomic E-state index is 0. The number of hydrogen-bond acceptors (Lipinski definition) is 2. The Hall–Kier alpha value is 0.140. The van der Waals surface area contributed by atoms with Crippen LogP contribution < -0.4 is 5.73 Å². The van der Waals surface area contributed by atoms with Gasteiger partial charge >= 0.3 is 0 Å². The molecule has 2 N–H and O–H groups in total. The van der Waals surface area contributed by atoms with Crippen LogP contribution in [0.1, 0.15) is 0 Å². The molecule has 0 radical (unpaired) electrons. The molecule has 0 bridgehead atoms. The second-order valence-corrected chi connectivity index (χ2v) is 3.62. The fourth-order valence-electron chi connectivity index (χ4n) is 0.635. The van der Waals surface area contributed by atoms with Crippen LogP contribution in [0, 0.1) is 0 Å². The molecule has 0 amide bonds. The Labute approximate surface area is 85.3 Å². The van der Waals surface area contributed by atoms with E-state index in [2.05, 4.69) is 15.9 Å². The van der Waals surface area contributed by atoms with Gasteiger partial charge in [-0.1, -0.05) is 0 Å². The lowest BCUT2D eigenvalue weighted by atomic mass is 10.3. The lowest BCUT2D eigenvalue weighted by molar-refractivity contribution is 1.44. The molecule has 0 aromatic heterocycles. The van der Waals surface area contributed by atoms with Gasteiger partial charge in [-0.05, 0) is 40.4 Å². The van der Waals surface area contributed by atoms with E-state index in [1.54, 1.807) is 11.8 Å². The Kier molecular flexibility index (Phi) is 4.97. The van der Waals surface area contributed by atoms with E-state index in [4.69, 9.17) is 5.73 Å². The summed E-state index contributed by atoms with van der Waals surface area (Å²) in [5.41, 5.74) is 6.38. The summed E-state index contributed by atoms with van der Waals surface area (Å²) in [5, 5.41) is 0. The van der Waals surface area contributed by atoms with Gasteiger partial charge in [0.1, 0.15) is 0 Å². The third kappa shape index (κ3) is 2.93. The van der Waals surface area contributed by atoms with Crippen molar-refractivity contribution in [1.29, 1.82) is 0 Å². The average Bonchev–Trinajstić information content (AvgIpc) is 1.95. The summed E-state index contributed by atoms with van der Waals surface area (Å²) >= 11 is 5.05. The lowest BCUT2D eigenvalue weighted by Crippen LogP contribution is -1.85. The zero-order chi connectivity index (χ0) is 7.56. The zero-order valence-corrected chi connectivity index (χ0v) is 9.22. The van der Waals surface area contributed by atoms with Crippen LogP contribution in [-0.2, 0) is 0 Å². The van der Waals surface area contributed by atoms with Gasteiger partial charge < -0.3 is 5.73 Å². The number of halogens is 2. The summed E-state index contributed by atoms with van der Waals surface area (Å²) in [6, 6.07) is 5.92. The number of nitrogens with two attached hydrogens (primary N) is 1. The molecule has 0 unspecified atom stereocenters. The molecule has 0 aliphatic heterocycles. The van der Waals surface area contributed by atoms with Gasteiger partial charge in [0.05, 0.1) is 0 Å². The normalized spacial score (nSPS) is 8.91. The van der Waals surface area contributed by atoms with E-state index in [1.165, 1.54) is 4.90 Å². The first-order valence-electron chi connectivity index (χ1n) is 2.83. The van der Waals surface area contributed by atoms with Crippen molar-refractivity contribution in [2.24, 2.45) is 0 Å². The predicted molar refractivity (Wildman–Crippen MR) is 57.6 cm³/mol. The van der Waals surface area contributed by atoms with Gasteiger partial charge in [0.2, 0.25) is 0 Å². The molecule has 1 aromatic carbocycles. The molecule has 0 heterocycles. The average molecular weight is 255 g/mol. The summed E-state index contributed by atoms with van der Waals surface area (Å²) in [6.45, 7) is 0. The van der Waals surface area contributed by atoms with Gasteiger partial charge in [0.15, 0.2) is 0 Å². The highest BCUT2D eigenvalue weighted by Crippen LogP contribution is 2.24. The van der Waals surface area contributed by atoms with Crippen LogP contribution in [-0.4, -0.2) is 6.26 Å². The number of anilines is 1. The number of nitrogen functional groups attached to an aromatic ring is 1. The Morgan fingerprint density at radius 1 is 1.45 bits per heavy atom. The van der Waals surface area contributed by atoms with Gasteiger partial charge in [-0.15, -0.1) is 24.2 Å². The Morgan fingerprint density at radius 3 is 2.55 bits per heavy atom. The van der Waals surface area contributed by atoms with Gasteiger partial charge in [0, 0.05) is 15.1 Å². The standard InChI is InChI=1S/C7H8BrNS.ClH/c1-10-5-2-3-7(9)6(8)4-5;/h2-4H,9H2,1H3;1H. The van der Waals surface area contributed by atoms with Crippen LogP contribution in [0.4, 0.5) is 5.69 Å². The van der Waals surface area contributed by atoms with Crippen molar-refractivity contribution in [2.45, 2.75) is 4.90 Å². The van der Waals surface area contributed by atoms with Crippen LogP contribution in [0.25, 0.3) is 0 Å². The summed E-state index contributed by atoms with van der Waals surface area (Å²) in [7, 11) is 0. The van der Waals surface area contributed by atoms with Crippen molar-refractivity contribution in [1.82, 2.24) is 0 Å². The Balaban J connectivity index is 0.000001000. The van der Waals surface area contributed by atoms with Crippen molar-refractivity contribution in [2.75, 3.05) is 12.0 Å². The van der Waals surface area contributed by atoms with Crippen molar-refractivity contribution in [3.63, 3.8) is 0 Å². The third-order valence-electron chi connectivity index (χ3n) is 1.21. The molecule has 11 heavy (non-hydrogen) atoms. The SMILES string of the molecule is CSc1ccc(N)c(Br)c1.Cl. The zero-order valence-electron chi connectivity index (χ0n) is 6.00. The number of thioether (sulfide) groups is 1. The van der Waals surface area contributed by atoms with Gasteiger partial charge in [-0.2, -0.15) is 0 Å². The molecule has 4 heteroatoms. The maximum Gasteiger partial charge on any atom is 0.0459 e. The van der Waals surface area contributed by atoms with Crippen molar-refractivity contribution in [3.8, 4) is 0 Å². The van der Waals surface area contributed by atoms with E-state index < -0.39 is 0 Å². The van der Waals surface area contributed by atoms with Gasteiger partial charge in [0.25, 0.3) is 0 Å². The molecule has 62 valence electrons. The first-order chi connectivity index (χ1) is 4.74. The molecule has 0 aliphatic rings. The van der Waals surface area contributed by atoms with E-state index >= 15 is 0 Å². The molecule has 0 saturated heterocycles. The van der Waals surface area contributed by atoms with E-state index in [0.29, 0.717) is 0 Å². The molecule has 1 aromatic rings. The largest absolute Gasteiger partial charge is 0.398 e. The van der Waals surface area contributed by atoms with E-state index in [9.17, 15) is 0 Å². The fourth-order valence-corrected chi connectivity index (χ4v) is 1.60. The van der Waals surface area contributed by atoms with Crippen LogP contribution in [0.15, 0.2) is 27.6 Å². The summed E-state index contributed by atoms with van der Waals surface area (Å²) in [6.07, 6.45) is 2.04. The maximum atomic E-state index is 5.59. The molecule has 0 atom stereocenters. The quantitative estimate of drug-likeness (QED) is 0.615. The molecular formula is C7H9BrClNS. The molecule has 1 rings (SSSR count). The van der Waals surface area contributed by atoms with Crippen LogP contribution in [0.3, 0.4) is 0 Å². The third-order valence-corrected chi connectivity index (χ3v) is 2.62. The lowest BCUT2D eigenvalue weighted by Gasteiger charge is -1.99. The molecule has 0 spiro atoms. The van der Waals surface area contributed by atoms with E-state index in [1.807, 2.05) is 24.5 Å². The Morgan fingerprint density at radius 2 is 2.09 bits per heavy atom. The van der Waals surface area contributed by atoms with Crippen molar-refractivity contribution < 1.29 is 0 Å². The summed E-state index contributed by atoms with van der Waals surface area (Å²) < 4.78 is 0.972. The minimum Gasteiger partial charge on any atom is -0.398 e. The van der Waals surface area contributed by atoms with E-state index in [-0.39, 0.29) is 12.4 Å². The molecular weight excluding hydrogens is 246 g/mol. The molecule has 1 nitrogen and oxygen atoms in total. The minimum atomic E-state index is 0. The smallest absolute Gasteiger partial charge is 0.0459 e. The molecule has 0 saturated carbocycles. The van der Waals surface area contributed by atoms with Gasteiger partial charge in [-0.3, -0.25) is 0 Å². The predicted octanol–water partition coefficient (Wildman–Crippen LogP) is 3.18. The summed E-state index contributed by atoms with van der Waals surface area (Å²) in [5.74, 6) is 0. The van der Waals surface area contributed by atoms with Crippen LogP contribution in [0.5, 0.6) is 0 Å². The van der Waals surface area contributed by atoms with Crippen LogP contribution in [0.2, 0.25) is 0 Å². The first-order valence-corrected chi connectivity index (χ1v) is 4.85. The summed E-state index contributed by atoms with van der Waals surface area (Å²) in [4.78, 5) is 1.22. The second kappa shape index (κ2) is 4.91. The highest BCUT2D eigenvalue weighted by atomic mass is 79.9. The van der Waals surface area contributed by atoms with Crippen LogP contribution >= 0.6 is 40.1 Å².